The number of imidazole rings is 1. The van der Waals surface area contributed by atoms with Crippen LogP contribution < -0.4 is 20.7 Å². The van der Waals surface area contributed by atoms with Gasteiger partial charge in [-0.05, 0) is 26.0 Å². The Labute approximate surface area is 232 Å². The number of aromatic nitrogens is 4. The van der Waals surface area contributed by atoms with Gasteiger partial charge in [-0.25, -0.2) is 13.9 Å². The minimum Gasteiger partial charge on any atom is -0.465 e. The number of aliphatic hydroxyl groups is 1. The molecule has 2 fully saturated rings. The fourth-order valence-electron chi connectivity index (χ4n) is 4.77. The third kappa shape index (κ3) is 4.46. The molecule has 1 saturated carbocycles. The number of nitrogens with one attached hydrogen (secondary N) is 2. The fraction of sp³-hybridized carbons (Fsp3) is 0.478. The van der Waals surface area contributed by atoms with E-state index >= 15 is 4.39 Å². The molecule has 0 spiro atoms. The monoisotopic (exact) mass is 599 g/mol. The number of hydrogen-bond donors (Lipinski definition) is 4. The minimum atomic E-state index is -4.46. The van der Waals surface area contributed by atoms with E-state index in [0.717, 1.165) is 0 Å². The summed E-state index contributed by atoms with van der Waals surface area (Å²) in [6, 6.07) is 6.84. The molecule has 1 aromatic carbocycles. The van der Waals surface area contributed by atoms with Gasteiger partial charge in [0.15, 0.2) is 35.0 Å². The number of nitrogen functional groups attached to an aromatic ring is 1. The van der Waals surface area contributed by atoms with Gasteiger partial charge in [0.2, 0.25) is 5.95 Å². The largest absolute Gasteiger partial charge is 0.465 e. The Morgan fingerprint density at radius 3 is 2.73 bits per heavy atom. The summed E-state index contributed by atoms with van der Waals surface area (Å²) in [6.07, 6.45) is -3.85. The van der Waals surface area contributed by atoms with E-state index in [1.165, 1.54) is 30.0 Å². The zero-order valence-electron chi connectivity index (χ0n) is 21.7. The Kier molecular flexibility index (Phi) is 7.40. The summed E-state index contributed by atoms with van der Waals surface area (Å²) in [7, 11) is -2.85. The smallest absolute Gasteiger partial charge is 0.459 e. The van der Waals surface area contributed by atoms with E-state index in [4.69, 9.17) is 35.9 Å². The first-order valence-electron chi connectivity index (χ1n) is 12.3. The summed E-state index contributed by atoms with van der Waals surface area (Å²) in [5.74, 6) is -0.809. The van der Waals surface area contributed by atoms with Gasteiger partial charge in [0.25, 0.3) is 0 Å². The van der Waals surface area contributed by atoms with E-state index in [1.54, 1.807) is 32.2 Å². The van der Waals surface area contributed by atoms with Crippen molar-refractivity contribution in [2.75, 3.05) is 30.6 Å². The Hall–Kier alpha value is -3.07. The zero-order chi connectivity index (χ0) is 28.9. The Balaban J connectivity index is 1.44. The highest BCUT2D eigenvalue weighted by Crippen LogP contribution is 2.69. The molecule has 2 aromatic heterocycles. The average molecular weight is 600 g/mol. The number of esters is 1. The third-order valence-electron chi connectivity index (χ3n) is 6.77. The highest BCUT2D eigenvalue weighted by atomic mass is 35.5. The molecule has 5 N–H and O–H groups in total. The van der Waals surface area contributed by atoms with Crippen LogP contribution in [0.15, 0.2) is 36.7 Å². The molecule has 40 heavy (non-hydrogen) atoms. The molecule has 7 atom stereocenters. The number of alkyl halides is 2. The molecule has 5 rings (SSSR count). The second-order valence-electron chi connectivity index (χ2n) is 9.25. The number of carbonyl (C=O) groups excluding carboxylic acids is 1. The molecule has 2 aliphatic rings. The van der Waals surface area contributed by atoms with Crippen LogP contribution in [0.3, 0.4) is 0 Å². The third-order valence-corrected chi connectivity index (χ3v) is 8.81. The summed E-state index contributed by atoms with van der Waals surface area (Å²) in [4.78, 5) is 24.7. The van der Waals surface area contributed by atoms with E-state index < -0.39 is 55.3 Å². The molecule has 0 bridgehead atoms. The lowest BCUT2D eigenvalue weighted by Crippen LogP contribution is -2.38. The lowest BCUT2D eigenvalue weighted by Gasteiger charge is -2.27. The first-order chi connectivity index (χ1) is 19.0. The molecule has 1 saturated heterocycles. The molecule has 14 nitrogen and oxygen atoms in total. The number of carbonyl (C=O) groups is 1. The maximum atomic E-state index is 16.1. The van der Waals surface area contributed by atoms with Crippen LogP contribution in [-0.2, 0) is 23.4 Å². The van der Waals surface area contributed by atoms with Crippen LogP contribution in [0.4, 0.5) is 16.2 Å². The summed E-state index contributed by atoms with van der Waals surface area (Å²) in [5, 5.41) is 16.8. The first-order valence-corrected chi connectivity index (χ1v) is 14.4. The second-order valence-corrected chi connectivity index (χ2v) is 11.2. The van der Waals surface area contributed by atoms with Crippen LogP contribution >= 0.6 is 19.3 Å². The number of ether oxygens (including phenoxy) is 2. The predicted molar refractivity (Wildman–Crippen MR) is 141 cm³/mol. The van der Waals surface area contributed by atoms with Crippen molar-refractivity contribution in [3.63, 3.8) is 0 Å². The van der Waals surface area contributed by atoms with Gasteiger partial charge < -0.3 is 30.2 Å². The molecular formula is C23H28ClFN7O7P. The number of hydrogen-bond acceptors (Lipinski definition) is 12. The number of nitrogens with zero attached hydrogens (tertiary/aromatic N) is 4. The van der Waals surface area contributed by atoms with Crippen LogP contribution in [0.2, 0.25) is 0 Å². The summed E-state index contributed by atoms with van der Waals surface area (Å²) in [5.41, 5.74) is 2.08. The van der Waals surface area contributed by atoms with Crippen LogP contribution in [-0.4, -0.2) is 79.6 Å². The maximum absolute atomic E-state index is 16.1. The Bertz CT molecular complexity index is 1460. The van der Waals surface area contributed by atoms with E-state index in [0.29, 0.717) is 11.3 Å². The maximum Gasteiger partial charge on any atom is 0.459 e. The van der Waals surface area contributed by atoms with Crippen molar-refractivity contribution in [1.29, 1.82) is 0 Å². The van der Waals surface area contributed by atoms with Crippen LogP contribution in [0.25, 0.3) is 11.2 Å². The van der Waals surface area contributed by atoms with Crippen molar-refractivity contribution in [3.05, 3.63) is 36.7 Å². The van der Waals surface area contributed by atoms with E-state index in [1.807, 2.05) is 0 Å². The number of halogens is 2. The normalized spacial score (nSPS) is 29.4. The fourth-order valence-corrected chi connectivity index (χ4v) is 6.93. The van der Waals surface area contributed by atoms with E-state index in [9.17, 15) is 14.5 Å². The SMILES string of the molecule is CCOC(=O)[C@H](C)N[P@@](=O)(Oc1ccccc1)OC1[C@@]2(CCl)O[C@@H](n3cnc4c(NC)nc(N)nc43)[C@@H](F)[C@@]12O. The number of anilines is 2. The predicted octanol–water partition coefficient (Wildman–Crippen LogP) is 2.15. The van der Waals surface area contributed by atoms with Crippen LogP contribution in [0.5, 0.6) is 5.75 Å². The van der Waals surface area contributed by atoms with Gasteiger partial charge in [0.05, 0.1) is 18.8 Å². The van der Waals surface area contributed by atoms with E-state index in [2.05, 4.69) is 25.4 Å². The van der Waals surface area contributed by atoms with Crippen molar-refractivity contribution in [1.82, 2.24) is 24.6 Å². The van der Waals surface area contributed by atoms with Gasteiger partial charge in [-0.1, -0.05) is 18.2 Å². The second kappa shape index (κ2) is 10.4. The van der Waals surface area contributed by atoms with Crippen molar-refractivity contribution in [2.24, 2.45) is 0 Å². The highest BCUT2D eigenvalue weighted by Gasteiger charge is 2.90. The number of benzene rings is 1. The number of rotatable bonds is 11. The Morgan fingerprint density at radius 1 is 1.38 bits per heavy atom. The molecule has 1 aliphatic carbocycles. The summed E-state index contributed by atoms with van der Waals surface area (Å²) < 4.78 is 53.6. The number of para-hydroxylation sites is 1. The molecule has 3 heterocycles. The number of nitrogens with two attached hydrogens (primary N) is 1. The number of fused-ring (bicyclic) bond motifs is 2. The molecule has 3 aromatic rings. The summed E-state index contributed by atoms with van der Waals surface area (Å²) >= 11 is 6.21. The molecule has 216 valence electrons. The van der Waals surface area contributed by atoms with Gasteiger partial charge in [-0.2, -0.15) is 15.1 Å². The van der Waals surface area contributed by atoms with Gasteiger partial charge in [0, 0.05) is 7.05 Å². The molecule has 1 unspecified atom stereocenters. The van der Waals surface area contributed by atoms with Crippen molar-refractivity contribution < 1.29 is 37.4 Å². The lowest BCUT2D eigenvalue weighted by atomic mass is 10.1. The van der Waals surface area contributed by atoms with Gasteiger partial charge in [-0.15, -0.1) is 11.6 Å². The minimum absolute atomic E-state index is 0.0847. The molecule has 17 heteroatoms. The average Bonchev–Trinajstić information content (AvgIpc) is 3.17. The van der Waals surface area contributed by atoms with Crippen LogP contribution in [0.1, 0.15) is 20.1 Å². The summed E-state index contributed by atoms with van der Waals surface area (Å²) in [6.45, 7) is 3.09. The molecular weight excluding hydrogens is 572 g/mol. The Morgan fingerprint density at radius 2 is 2.10 bits per heavy atom. The molecule has 0 radical (unpaired) electrons. The van der Waals surface area contributed by atoms with Crippen molar-refractivity contribution in [3.8, 4) is 5.75 Å². The van der Waals surface area contributed by atoms with Crippen molar-refractivity contribution >= 4 is 48.2 Å². The quantitative estimate of drug-likeness (QED) is 0.143. The van der Waals surface area contributed by atoms with Crippen molar-refractivity contribution in [2.45, 2.75) is 49.6 Å². The van der Waals surface area contributed by atoms with Gasteiger partial charge >= 0.3 is 13.7 Å². The standard InChI is InChI=1S/C23H28ClFN7O7P/c1-4-36-19(33)12(2)31-40(35,38-13-8-6-5-7-9-13)39-20-22(10-24)23(20,34)15(25)18(37-22)32-11-28-14-16(27-3)29-21(26)30-17(14)32/h5-9,11-12,15,18,20,34H,4,10H2,1-3H3,(H,31,35)(H3,26,27,29,30)/t12-,15+,18+,20?,22+,23+,40+/m0/s1. The molecule has 0 amide bonds. The van der Waals surface area contributed by atoms with Gasteiger partial charge in [-0.3, -0.25) is 13.9 Å². The molecule has 1 aliphatic heterocycles. The van der Waals surface area contributed by atoms with Gasteiger partial charge in [0.1, 0.15) is 23.5 Å². The highest BCUT2D eigenvalue weighted by molar-refractivity contribution is 7.52. The van der Waals surface area contributed by atoms with E-state index in [-0.39, 0.29) is 24.0 Å². The topological polar surface area (TPSA) is 185 Å². The first kappa shape index (κ1) is 28.5. The van der Waals surface area contributed by atoms with Crippen LogP contribution in [0, 0.1) is 0 Å². The zero-order valence-corrected chi connectivity index (χ0v) is 23.3. The lowest BCUT2D eigenvalue weighted by molar-refractivity contribution is -0.144.